The Hall–Kier alpha value is -1.23. The SMILES string of the molecule is CCCCCc1cc(CP(=O)(OCC)OCC)n2nccc2n1. The largest absolute Gasteiger partial charge is 0.336 e. The predicted molar refractivity (Wildman–Crippen MR) is 90.8 cm³/mol. The van der Waals surface area contributed by atoms with Crippen molar-refractivity contribution in [2.75, 3.05) is 13.2 Å². The van der Waals surface area contributed by atoms with Crippen molar-refractivity contribution in [3.8, 4) is 0 Å². The fourth-order valence-electron chi connectivity index (χ4n) is 2.55. The van der Waals surface area contributed by atoms with E-state index in [-0.39, 0.29) is 6.16 Å². The number of fused-ring (bicyclic) bond motifs is 1. The van der Waals surface area contributed by atoms with Gasteiger partial charge in [0.25, 0.3) is 0 Å². The molecule has 0 aliphatic rings. The van der Waals surface area contributed by atoms with Crippen LogP contribution in [0.2, 0.25) is 0 Å². The highest BCUT2D eigenvalue weighted by Crippen LogP contribution is 2.51. The van der Waals surface area contributed by atoms with E-state index in [1.807, 2.05) is 26.0 Å². The second-order valence-corrected chi connectivity index (χ2v) is 7.46. The van der Waals surface area contributed by atoms with Gasteiger partial charge in [-0.2, -0.15) is 5.10 Å². The molecule has 0 radical (unpaired) electrons. The molecule has 0 spiro atoms. The fourth-order valence-corrected chi connectivity index (χ4v) is 4.22. The first-order chi connectivity index (χ1) is 11.1. The minimum atomic E-state index is -3.16. The molecule has 0 aliphatic heterocycles. The summed E-state index contributed by atoms with van der Waals surface area (Å²) in [4.78, 5) is 4.62. The zero-order valence-electron chi connectivity index (χ0n) is 14.2. The van der Waals surface area contributed by atoms with E-state index in [4.69, 9.17) is 9.05 Å². The average molecular weight is 339 g/mol. The third-order valence-corrected chi connectivity index (χ3v) is 5.54. The topological polar surface area (TPSA) is 65.7 Å². The summed E-state index contributed by atoms with van der Waals surface area (Å²) in [7, 11) is -3.16. The van der Waals surface area contributed by atoms with Crippen LogP contribution in [0.4, 0.5) is 0 Å². The van der Waals surface area contributed by atoms with Crippen molar-refractivity contribution in [2.24, 2.45) is 0 Å². The lowest BCUT2D eigenvalue weighted by Gasteiger charge is -2.17. The number of hydrogen-bond donors (Lipinski definition) is 0. The van der Waals surface area contributed by atoms with E-state index in [9.17, 15) is 4.57 Å². The standard InChI is InChI=1S/C16H26N3O3P/c1-4-7-8-9-14-12-15(19-16(18-14)10-11-17-19)13-23(20,21-5-2)22-6-3/h10-12H,4-9,13H2,1-3H3. The minimum Gasteiger partial charge on any atom is -0.309 e. The van der Waals surface area contributed by atoms with Crippen LogP contribution in [-0.4, -0.2) is 27.8 Å². The van der Waals surface area contributed by atoms with Gasteiger partial charge in [-0.1, -0.05) is 19.8 Å². The van der Waals surface area contributed by atoms with Gasteiger partial charge in [0, 0.05) is 11.8 Å². The third kappa shape index (κ3) is 4.87. The first-order valence-corrected chi connectivity index (χ1v) is 10.0. The maximum Gasteiger partial charge on any atom is 0.336 e. The number of unbranched alkanes of at least 4 members (excludes halogenated alkanes) is 2. The average Bonchev–Trinajstić information content (AvgIpc) is 2.96. The van der Waals surface area contributed by atoms with Gasteiger partial charge in [-0.3, -0.25) is 4.57 Å². The van der Waals surface area contributed by atoms with Gasteiger partial charge in [0.1, 0.15) is 0 Å². The smallest absolute Gasteiger partial charge is 0.309 e. The number of hydrogen-bond acceptors (Lipinski definition) is 5. The van der Waals surface area contributed by atoms with Crippen molar-refractivity contribution < 1.29 is 13.6 Å². The molecule has 2 aromatic heterocycles. The van der Waals surface area contributed by atoms with E-state index in [1.54, 1.807) is 10.7 Å². The summed E-state index contributed by atoms with van der Waals surface area (Å²) < 4.78 is 25.3. The maximum absolute atomic E-state index is 12.8. The van der Waals surface area contributed by atoms with E-state index < -0.39 is 7.60 Å². The van der Waals surface area contributed by atoms with Crippen molar-refractivity contribution in [2.45, 2.75) is 52.6 Å². The monoisotopic (exact) mass is 339 g/mol. The quantitative estimate of drug-likeness (QED) is 0.479. The first kappa shape index (κ1) is 18.1. The molecule has 0 aromatic carbocycles. The molecule has 2 aromatic rings. The Bertz CT molecular complexity index is 662. The van der Waals surface area contributed by atoms with Crippen LogP contribution in [0.3, 0.4) is 0 Å². The van der Waals surface area contributed by atoms with Gasteiger partial charge in [0.15, 0.2) is 5.65 Å². The zero-order valence-corrected chi connectivity index (χ0v) is 15.1. The Kier molecular flexibility index (Phi) is 6.75. The lowest BCUT2D eigenvalue weighted by molar-refractivity contribution is 0.218. The molecular formula is C16H26N3O3P. The van der Waals surface area contributed by atoms with Crippen molar-refractivity contribution in [1.29, 1.82) is 0 Å². The maximum atomic E-state index is 12.8. The van der Waals surface area contributed by atoms with Gasteiger partial charge in [0.2, 0.25) is 0 Å². The summed E-state index contributed by atoms with van der Waals surface area (Å²) in [5.41, 5.74) is 2.59. The molecule has 2 rings (SSSR count). The second kappa shape index (κ2) is 8.57. The summed E-state index contributed by atoms with van der Waals surface area (Å²) in [6.45, 7) is 6.52. The van der Waals surface area contributed by atoms with Crippen LogP contribution < -0.4 is 0 Å². The summed E-state index contributed by atoms with van der Waals surface area (Å²) >= 11 is 0. The van der Waals surface area contributed by atoms with Crippen molar-refractivity contribution in [1.82, 2.24) is 14.6 Å². The molecule has 0 amide bonds. The molecule has 7 heteroatoms. The van der Waals surface area contributed by atoms with Crippen molar-refractivity contribution >= 4 is 13.2 Å². The predicted octanol–water partition coefficient (Wildman–Crippen LogP) is 4.23. The molecule has 0 atom stereocenters. The second-order valence-electron chi connectivity index (χ2n) is 5.40. The molecule has 23 heavy (non-hydrogen) atoms. The Morgan fingerprint density at radius 1 is 1.17 bits per heavy atom. The molecular weight excluding hydrogens is 313 g/mol. The number of rotatable bonds is 10. The highest BCUT2D eigenvalue weighted by atomic mass is 31.2. The fraction of sp³-hybridized carbons (Fsp3) is 0.625. The molecule has 0 saturated heterocycles. The Morgan fingerprint density at radius 2 is 1.91 bits per heavy atom. The molecule has 2 heterocycles. The first-order valence-electron chi connectivity index (χ1n) is 8.32. The molecule has 128 valence electrons. The highest BCUT2D eigenvalue weighted by molar-refractivity contribution is 7.53. The Morgan fingerprint density at radius 3 is 2.57 bits per heavy atom. The van der Waals surface area contributed by atoms with Crippen LogP contribution in [0.1, 0.15) is 51.4 Å². The van der Waals surface area contributed by atoms with Crippen LogP contribution in [0, 0.1) is 0 Å². The molecule has 0 N–H and O–H groups in total. The van der Waals surface area contributed by atoms with E-state index in [0.29, 0.717) is 13.2 Å². The Balaban J connectivity index is 2.30. The summed E-state index contributed by atoms with van der Waals surface area (Å²) in [6, 6.07) is 3.83. The Labute approximate surface area is 137 Å². The lowest BCUT2D eigenvalue weighted by atomic mass is 10.1. The number of aromatic nitrogens is 3. The molecule has 0 unspecified atom stereocenters. The van der Waals surface area contributed by atoms with Gasteiger partial charge in [0.05, 0.1) is 31.3 Å². The highest BCUT2D eigenvalue weighted by Gasteiger charge is 2.26. The number of nitrogens with zero attached hydrogens (tertiary/aromatic N) is 3. The molecule has 0 fully saturated rings. The van der Waals surface area contributed by atoms with E-state index >= 15 is 0 Å². The van der Waals surface area contributed by atoms with E-state index in [0.717, 1.165) is 29.9 Å². The van der Waals surface area contributed by atoms with Crippen molar-refractivity contribution in [3.05, 3.63) is 29.7 Å². The van der Waals surface area contributed by atoms with Gasteiger partial charge in [-0.25, -0.2) is 9.50 Å². The molecule has 0 bridgehead atoms. The van der Waals surface area contributed by atoms with Crippen LogP contribution >= 0.6 is 7.60 Å². The summed E-state index contributed by atoms with van der Waals surface area (Å²) in [5, 5.41) is 4.28. The van der Waals surface area contributed by atoms with Gasteiger partial charge in [-0.05, 0) is 32.8 Å². The molecule has 0 saturated carbocycles. The zero-order chi connectivity index (χ0) is 16.7. The van der Waals surface area contributed by atoms with Crippen LogP contribution in [0.15, 0.2) is 18.3 Å². The summed E-state index contributed by atoms with van der Waals surface area (Å²) in [6.07, 6.45) is 6.27. The van der Waals surface area contributed by atoms with Crippen LogP contribution in [0.5, 0.6) is 0 Å². The van der Waals surface area contributed by atoms with Gasteiger partial charge in [-0.15, -0.1) is 0 Å². The normalized spacial score (nSPS) is 12.1. The minimum absolute atomic E-state index is 0.205. The molecule has 0 aliphatic carbocycles. The number of aryl methyl sites for hydroxylation is 1. The van der Waals surface area contributed by atoms with Crippen molar-refractivity contribution in [3.63, 3.8) is 0 Å². The summed E-state index contributed by atoms with van der Waals surface area (Å²) in [5.74, 6) is 0. The van der Waals surface area contributed by atoms with Gasteiger partial charge < -0.3 is 9.05 Å². The van der Waals surface area contributed by atoms with Gasteiger partial charge >= 0.3 is 7.60 Å². The van der Waals surface area contributed by atoms with E-state index in [1.165, 1.54) is 12.8 Å². The third-order valence-electron chi connectivity index (χ3n) is 3.53. The van der Waals surface area contributed by atoms with E-state index in [2.05, 4.69) is 17.0 Å². The van der Waals surface area contributed by atoms with Crippen LogP contribution in [0.25, 0.3) is 5.65 Å². The lowest BCUT2D eigenvalue weighted by Crippen LogP contribution is -2.07. The van der Waals surface area contributed by atoms with Crippen LogP contribution in [-0.2, 0) is 26.2 Å². The molecule has 6 nitrogen and oxygen atoms in total.